The van der Waals surface area contributed by atoms with Crippen molar-refractivity contribution in [3.05, 3.63) is 60.2 Å². The first-order chi connectivity index (χ1) is 12.7. The average Bonchev–Trinajstić information content (AvgIpc) is 3.10. The second-order valence-corrected chi connectivity index (χ2v) is 7.01. The van der Waals surface area contributed by atoms with E-state index in [1.54, 1.807) is 36.9 Å². The SMILES string of the molecule is O=C(c1ccncc1)N1CCC2(CC1)CC(OCc1ccncc1)CO2. The standard InChI is InChI=1S/C20H23N3O3/c24-19(17-3-9-22-10-4-17)23-11-5-20(6-12-23)13-18(15-26-20)25-14-16-1-7-21-8-2-16/h1-4,7-10,18H,5-6,11-15H2. The predicted molar refractivity (Wildman–Crippen MR) is 95.5 cm³/mol. The molecule has 2 aliphatic rings. The Balaban J connectivity index is 1.28. The molecule has 2 aromatic heterocycles. The zero-order valence-electron chi connectivity index (χ0n) is 14.7. The summed E-state index contributed by atoms with van der Waals surface area (Å²) in [6.45, 7) is 2.65. The van der Waals surface area contributed by atoms with Gasteiger partial charge in [0.25, 0.3) is 5.91 Å². The van der Waals surface area contributed by atoms with Crippen LogP contribution in [0.15, 0.2) is 49.1 Å². The summed E-state index contributed by atoms with van der Waals surface area (Å²) >= 11 is 0. The van der Waals surface area contributed by atoms with Crippen LogP contribution in [-0.2, 0) is 16.1 Å². The number of carbonyl (C=O) groups is 1. The Kier molecular flexibility index (Phi) is 4.95. The van der Waals surface area contributed by atoms with Crippen molar-refractivity contribution < 1.29 is 14.3 Å². The van der Waals surface area contributed by atoms with Gasteiger partial charge in [0, 0.05) is 49.9 Å². The minimum atomic E-state index is -0.141. The molecular formula is C20H23N3O3. The summed E-state index contributed by atoms with van der Waals surface area (Å²) in [6.07, 6.45) is 9.60. The molecular weight excluding hydrogens is 330 g/mol. The van der Waals surface area contributed by atoms with Crippen LogP contribution in [0.5, 0.6) is 0 Å². The first-order valence-electron chi connectivity index (χ1n) is 9.08. The highest BCUT2D eigenvalue weighted by atomic mass is 16.6. The van der Waals surface area contributed by atoms with Crippen molar-refractivity contribution in [2.24, 2.45) is 0 Å². The molecule has 1 spiro atoms. The van der Waals surface area contributed by atoms with Gasteiger partial charge >= 0.3 is 0 Å². The van der Waals surface area contributed by atoms with Crippen molar-refractivity contribution in [1.82, 2.24) is 14.9 Å². The number of hydrogen-bond acceptors (Lipinski definition) is 5. The van der Waals surface area contributed by atoms with Crippen molar-refractivity contribution >= 4 is 5.91 Å². The van der Waals surface area contributed by atoms with Gasteiger partial charge < -0.3 is 14.4 Å². The van der Waals surface area contributed by atoms with Crippen LogP contribution in [0.2, 0.25) is 0 Å². The summed E-state index contributed by atoms with van der Waals surface area (Å²) in [5.41, 5.74) is 1.68. The Hall–Kier alpha value is -2.31. The van der Waals surface area contributed by atoms with E-state index in [0.717, 1.165) is 37.9 Å². The molecule has 6 heteroatoms. The van der Waals surface area contributed by atoms with E-state index < -0.39 is 0 Å². The zero-order chi connectivity index (χ0) is 17.8. The van der Waals surface area contributed by atoms with Crippen molar-refractivity contribution in [1.29, 1.82) is 0 Å². The lowest BCUT2D eigenvalue weighted by Crippen LogP contribution is -2.46. The summed E-state index contributed by atoms with van der Waals surface area (Å²) in [7, 11) is 0. The molecule has 2 aromatic rings. The van der Waals surface area contributed by atoms with E-state index in [1.165, 1.54) is 0 Å². The van der Waals surface area contributed by atoms with Crippen molar-refractivity contribution in [3.8, 4) is 0 Å². The smallest absolute Gasteiger partial charge is 0.253 e. The summed E-state index contributed by atoms with van der Waals surface area (Å²) in [5, 5.41) is 0. The van der Waals surface area contributed by atoms with E-state index in [-0.39, 0.29) is 17.6 Å². The van der Waals surface area contributed by atoms with E-state index in [1.807, 2.05) is 17.0 Å². The second-order valence-electron chi connectivity index (χ2n) is 7.01. The second kappa shape index (κ2) is 7.51. The molecule has 1 amide bonds. The van der Waals surface area contributed by atoms with Gasteiger partial charge in [-0.25, -0.2) is 0 Å². The van der Waals surface area contributed by atoms with E-state index >= 15 is 0 Å². The molecule has 6 nitrogen and oxygen atoms in total. The first-order valence-corrected chi connectivity index (χ1v) is 9.08. The summed E-state index contributed by atoms with van der Waals surface area (Å²) in [6, 6.07) is 7.47. The number of nitrogens with zero attached hydrogens (tertiary/aromatic N) is 3. The van der Waals surface area contributed by atoms with Gasteiger partial charge in [-0.05, 0) is 42.7 Å². The highest BCUT2D eigenvalue weighted by Crippen LogP contribution is 2.37. The van der Waals surface area contributed by atoms with Crippen LogP contribution in [0.4, 0.5) is 0 Å². The molecule has 1 unspecified atom stereocenters. The maximum Gasteiger partial charge on any atom is 0.253 e. The number of carbonyl (C=O) groups excluding carboxylic acids is 1. The quantitative estimate of drug-likeness (QED) is 0.845. The fraction of sp³-hybridized carbons (Fsp3) is 0.450. The number of rotatable bonds is 4. The van der Waals surface area contributed by atoms with Crippen molar-refractivity contribution in [2.75, 3.05) is 19.7 Å². The van der Waals surface area contributed by atoms with E-state index in [4.69, 9.17) is 9.47 Å². The Labute approximate surface area is 153 Å². The summed E-state index contributed by atoms with van der Waals surface area (Å²) in [4.78, 5) is 22.5. The Morgan fingerprint density at radius 1 is 1.12 bits per heavy atom. The molecule has 2 aliphatic heterocycles. The number of piperidine rings is 1. The van der Waals surface area contributed by atoms with Crippen LogP contribution in [0, 0.1) is 0 Å². The third kappa shape index (κ3) is 3.76. The van der Waals surface area contributed by atoms with Crippen LogP contribution in [-0.4, -0.2) is 52.2 Å². The molecule has 0 N–H and O–H groups in total. The van der Waals surface area contributed by atoms with Crippen molar-refractivity contribution in [2.45, 2.75) is 37.6 Å². The van der Waals surface area contributed by atoms with Gasteiger partial charge in [0.2, 0.25) is 0 Å². The van der Waals surface area contributed by atoms with Gasteiger partial charge in [-0.1, -0.05) is 0 Å². The lowest BCUT2D eigenvalue weighted by Gasteiger charge is -2.38. The third-order valence-electron chi connectivity index (χ3n) is 5.30. The number of hydrogen-bond donors (Lipinski definition) is 0. The van der Waals surface area contributed by atoms with Gasteiger partial charge in [0.05, 0.1) is 24.9 Å². The van der Waals surface area contributed by atoms with Gasteiger partial charge in [-0.3, -0.25) is 14.8 Å². The molecule has 26 heavy (non-hydrogen) atoms. The Bertz CT molecular complexity index is 730. The zero-order valence-corrected chi connectivity index (χ0v) is 14.7. The summed E-state index contributed by atoms with van der Waals surface area (Å²) < 4.78 is 12.2. The highest BCUT2D eigenvalue weighted by molar-refractivity contribution is 5.94. The minimum absolute atomic E-state index is 0.0748. The molecule has 4 rings (SSSR count). The number of likely N-dealkylation sites (tertiary alicyclic amines) is 1. The molecule has 0 aliphatic carbocycles. The fourth-order valence-corrected chi connectivity index (χ4v) is 3.75. The third-order valence-corrected chi connectivity index (χ3v) is 5.30. The van der Waals surface area contributed by atoms with Crippen LogP contribution < -0.4 is 0 Å². The van der Waals surface area contributed by atoms with Crippen LogP contribution in [0.1, 0.15) is 35.2 Å². The lowest BCUT2D eigenvalue weighted by molar-refractivity contribution is -0.0412. The Morgan fingerprint density at radius 3 is 2.46 bits per heavy atom. The van der Waals surface area contributed by atoms with Gasteiger partial charge in [-0.15, -0.1) is 0 Å². The number of ether oxygens (including phenoxy) is 2. The number of aromatic nitrogens is 2. The Morgan fingerprint density at radius 2 is 1.77 bits per heavy atom. The molecule has 1 atom stereocenters. The lowest BCUT2D eigenvalue weighted by atomic mass is 9.87. The monoisotopic (exact) mass is 353 g/mol. The van der Waals surface area contributed by atoms with Crippen molar-refractivity contribution in [3.63, 3.8) is 0 Å². The van der Waals surface area contributed by atoms with Gasteiger partial charge in [0.1, 0.15) is 0 Å². The molecule has 0 bridgehead atoms. The highest BCUT2D eigenvalue weighted by Gasteiger charge is 2.43. The number of amides is 1. The summed E-state index contributed by atoms with van der Waals surface area (Å²) in [5.74, 6) is 0.0748. The van der Waals surface area contributed by atoms with E-state index in [2.05, 4.69) is 9.97 Å². The molecule has 136 valence electrons. The normalized spacial score (nSPS) is 21.8. The maximum atomic E-state index is 12.6. The molecule has 2 fully saturated rings. The average molecular weight is 353 g/mol. The molecule has 4 heterocycles. The topological polar surface area (TPSA) is 64.6 Å². The van der Waals surface area contributed by atoms with Crippen LogP contribution in [0.3, 0.4) is 0 Å². The van der Waals surface area contributed by atoms with E-state index in [9.17, 15) is 4.79 Å². The molecule has 0 saturated carbocycles. The first kappa shape index (κ1) is 17.1. The van der Waals surface area contributed by atoms with E-state index in [0.29, 0.717) is 18.8 Å². The largest absolute Gasteiger partial charge is 0.372 e. The van der Waals surface area contributed by atoms with Gasteiger partial charge in [-0.2, -0.15) is 0 Å². The maximum absolute atomic E-state index is 12.6. The predicted octanol–water partition coefficient (Wildman–Crippen LogP) is 2.46. The minimum Gasteiger partial charge on any atom is -0.372 e. The number of pyridine rings is 2. The van der Waals surface area contributed by atoms with Crippen LogP contribution in [0.25, 0.3) is 0 Å². The molecule has 0 radical (unpaired) electrons. The van der Waals surface area contributed by atoms with Crippen LogP contribution >= 0.6 is 0 Å². The molecule has 2 saturated heterocycles. The molecule has 0 aromatic carbocycles. The fourth-order valence-electron chi connectivity index (χ4n) is 3.75. The van der Waals surface area contributed by atoms with Gasteiger partial charge in [0.15, 0.2) is 0 Å².